The van der Waals surface area contributed by atoms with Gasteiger partial charge in [0.15, 0.2) is 5.69 Å². The molecule has 5 nitrogen and oxygen atoms in total. The minimum Gasteiger partial charge on any atom is -0.318 e. The Morgan fingerprint density at radius 3 is 2.61 bits per heavy atom. The molecular formula is C22H17ClN4O. The number of hydrogen-bond acceptors (Lipinski definition) is 2. The Morgan fingerprint density at radius 2 is 1.89 bits per heavy atom. The van der Waals surface area contributed by atoms with E-state index in [2.05, 4.69) is 9.83 Å². The molecule has 4 rings (SSSR count). The van der Waals surface area contributed by atoms with Crippen LogP contribution in [0.1, 0.15) is 11.1 Å². The van der Waals surface area contributed by atoms with E-state index >= 15 is 0 Å². The summed E-state index contributed by atoms with van der Waals surface area (Å²) in [6, 6.07) is 7.33. The summed E-state index contributed by atoms with van der Waals surface area (Å²) in [6.45, 7) is 11.3. The molecule has 6 heteroatoms. The van der Waals surface area contributed by atoms with Gasteiger partial charge in [0.25, 0.3) is 5.56 Å². The van der Waals surface area contributed by atoms with Crippen molar-refractivity contribution < 1.29 is 0 Å². The van der Waals surface area contributed by atoms with Gasteiger partial charge in [-0.1, -0.05) is 11.6 Å². The lowest BCUT2D eigenvalue weighted by Gasteiger charge is -2.07. The number of aryl methyl sites for hydroxylation is 3. The Balaban J connectivity index is 2.11. The van der Waals surface area contributed by atoms with E-state index < -0.39 is 0 Å². The summed E-state index contributed by atoms with van der Waals surface area (Å²) >= 11 is 6.57. The fourth-order valence-electron chi connectivity index (χ4n) is 3.34. The lowest BCUT2D eigenvalue weighted by Crippen LogP contribution is -2.15. The maximum absolute atomic E-state index is 12.2. The Labute approximate surface area is 167 Å². The number of rotatable bonds is 2. The van der Waals surface area contributed by atoms with Gasteiger partial charge in [-0.3, -0.25) is 9.78 Å². The van der Waals surface area contributed by atoms with Gasteiger partial charge in [-0.2, -0.15) is 0 Å². The van der Waals surface area contributed by atoms with Crippen LogP contribution in [0.15, 0.2) is 53.8 Å². The quantitative estimate of drug-likeness (QED) is 0.442. The predicted molar refractivity (Wildman–Crippen MR) is 112 cm³/mol. The zero-order valence-corrected chi connectivity index (χ0v) is 16.4. The minimum absolute atomic E-state index is 0.0920. The Bertz CT molecular complexity index is 1340. The van der Waals surface area contributed by atoms with Crippen molar-refractivity contribution >= 4 is 28.2 Å². The molecule has 0 aliphatic carbocycles. The van der Waals surface area contributed by atoms with Crippen molar-refractivity contribution in [2.45, 2.75) is 13.8 Å². The third-order valence-electron chi connectivity index (χ3n) is 4.95. The highest BCUT2D eigenvalue weighted by molar-refractivity contribution is 6.34. The van der Waals surface area contributed by atoms with E-state index in [1.54, 1.807) is 31.7 Å². The lowest BCUT2D eigenvalue weighted by atomic mass is 10.0. The first kappa shape index (κ1) is 18.0. The van der Waals surface area contributed by atoms with Crippen LogP contribution in [0.25, 0.3) is 32.6 Å². The van der Waals surface area contributed by atoms with Crippen molar-refractivity contribution in [3.05, 3.63) is 87.0 Å². The summed E-state index contributed by atoms with van der Waals surface area (Å²) in [7, 11) is 1.72. The van der Waals surface area contributed by atoms with Crippen LogP contribution in [0, 0.1) is 20.4 Å². The summed E-state index contributed by atoms with van der Waals surface area (Å²) in [6.07, 6.45) is 7.15. The van der Waals surface area contributed by atoms with Crippen molar-refractivity contribution in [3.63, 3.8) is 0 Å². The van der Waals surface area contributed by atoms with Crippen LogP contribution < -0.4 is 5.56 Å². The molecule has 0 aliphatic heterocycles. The van der Waals surface area contributed by atoms with E-state index in [4.69, 9.17) is 18.2 Å². The molecular weight excluding hydrogens is 372 g/mol. The molecule has 0 saturated heterocycles. The van der Waals surface area contributed by atoms with Crippen LogP contribution in [-0.2, 0) is 7.05 Å². The fraction of sp³-hybridized carbons (Fsp3) is 0.136. The van der Waals surface area contributed by atoms with E-state index in [-0.39, 0.29) is 5.56 Å². The molecule has 28 heavy (non-hydrogen) atoms. The number of nitrogens with zero attached hydrogens (tertiary/aromatic N) is 4. The van der Waals surface area contributed by atoms with E-state index in [0.717, 1.165) is 38.8 Å². The highest BCUT2D eigenvalue weighted by Gasteiger charge is 2.17. The monoisotopic (exact) mass is 388 g/mol. The van der Waals surface area contributed by atoms with E-state index in [0.29, 0.717) is 10.7 Å². The molecule has 4 aromatic rings. The highest BCUT2D eigenvalue weighted by atomic mass is 35.5. The number of fused-ring (bicyclic) bond motifs is 1. The molecule has 3 heterocycles. The van der Waals surface area contributed by atoms with Crippen LogP contribution in [0.2, 0.25) is 5.02 Å². The zero-order chi connectivity index (χ0) is 20.0. The molecule has 0 unspecified atom stereocenters. The SMILES string of the molecule is [C-]#[N+]c1cc2c(-c3cncc(C)c3Cl)cn(-c3ccn(C)c(=O)c3)c2cc1C. The number of hydrogen-bond donors (Lipinski definition) is 0. The third kappa shape index (κ3) is 2.79. The first-order valence-electron chi connectivity index (χ1n) is 8.71. The second kappa shape index (κ2) is 6.66. The topological polar surface area (TPSA) is 44.2 Å². The molecule has 3 aromatic heterocycles. The molecule has 0 atom stereocenters. The molecule has 0 bridgehead atoms. The summed E-state index contributed by atoms with van der Waals surface area (Å²) < 4.78 is 3.49. The normalized spacial score (nSPS) is 11.0. The van der Waals surface area contributed by atoms with Gasteiger partial charge in [0.2, 0.25) is 0 Å². The zero-order valence-electron chi connectivity index (χ0n) is 15.7. The van der Waals surface area contributed by atoms with Gasteiger partial charge in [0, 0.05) is 49.0 Å². The molecule has 0 amide bonds. The van der Waals surface area contributed by atoms with Crippen molar-refractivity contribution in [2.75, 3.05) is 0 Å². The Hall–Kier alpha value is -3.36. The van der Waals surface area contributed by atoms with E-state index in [1.165, 1.54) is 4.57 Å². The van der Waals surface area contributed by atoms with Crippen LogP contribution in [0.5, 0.6) is 0 Å². The molecule has 138 valence electrons. The molecule has 1 aromatic carbocycles. The van der Waals surface area contributed by atoms with Gasteiger partial charge in [0.05, 0.1) is 22.8 Å². The number of pyridine rings is 2. The maximum Gasteiger partial charge on any atom is 0.252 e. The molecule has 0 aliphatic rings. The highest BCUT2D eigenvalue weighted by Crippen LogP contribution is 2.39. The van der Waals surface area contributed by atoms with Crippen LogP contribution in [0.4, 0.5) is 5.69 Å². The standard InChI is InChI=1S/C22H17ClN4O/c1-13-7-20-16(9-19(13)24-3)18(17-11-25-10-14(2)22(17)23)12-27(20)15-5-6-26(4)21(28)8-15/h5-12H,1-2,4H3. The molecule has 0 radical (unpaired) electrons. The molecule has 0 N–H and O–H groups in total. The van der Waals surface area contributed by atoms with Crippen LogP contribution in [0.3, 0.4) is 0 Å². The summed E-state index contributed by atoms with van der Waals surface area (Å²) in [5.41, 5.74) is 5.60. The van der Waals surface area contributed by atoms with Crippen molar-refractivity contribution in [1.29, 1.82) is 0 Å². The largest absolute Gasteiger partial charge is 0.318 e. The van der Waals surface area contributed by atoms with Crippen LogP contribution in [-0.4, -0.2) is 14.1 Å². The summed E-state index contributed by atoms with van der Waals surface area (Å²) in [5, 5.41) is 1.52. The van der Waals surface area contributed by atoms with Gasteiger partial charge >= 0.3 is 0 Å². The number of halogens is 1. The molecule has 0 saturated carbocycles. The van der Waals surface area contributed by atoms with Gasteiger partial charge in [-0.15, -0.1) is 0 Å². The van der Waals surface area contributed by atoms with Crippen LogP contribution >= 0.6 is 11.6 Å². The van der Waals surface area contributed by atoms with Gasteiger partial charge in [-0.05, 0) is 48.6 Å². The Kier molecular flexibility index (Phi) is 4.29. The minimum atomic E-state index is -0.0920. The number of benzene rings is 1. The van der Waals surface area contributed by atoms with E-state index in [9.17, 15) is 4.79 Å². The predicted octanol–water partition coefficient (Wildman–Crippen LogP) is 5.21. The first-order chi connectivity index (χ1) is 13.4. The molecule has 0 fully saturated rings. The van der Waals surface area contributed by atoms with Crippen molar-refractivity contribution in [2.24, 2.45) is 7.05 Å². The second-order valence-corrected chi connectivity index (χ2v) is 7.21. The fourth-order valence-corrected chi connectivity index (χ4v) is 3.54. The van der Waals surface area contributed by atoms with Gasteiger partial charge in [0.1, 0.15) is 0 Å². The summed E-state index contributed by atoms with van der Waals surface area (Å²) in [5.74, 6) is 0. The van der Waals surface area contributed by atoms with Gasteiger partial charge in [-0.25, -0.2) is 4.85 Å². The van der Waals surface area contributed by atoms with Gasteiger partial charge < -0.3 is 9.13 Å². The van der Waals surface area contributed by atoms with E-state index in [1.807, 2.05) is 42.8 Å². The molecule has 0 spiro atoms. The average molecular weight is 389 g/mol. The lowest BCUT2D eigenvalue weighted by molar-refractivity contribution is 0.853. The average Bonchev–Trinajstić information content (AvgIpc) is 3.03. The smallest absolute Gasteiger partial charge is 0.252 e. The van der Waals surface area contributed by atoms with Crippen molar-refractivity contribution in [1.82, 2.24) is 14.1 Å². The second-order valence-electron chi connectivity index (χ2n) is 6.83. The first-order valence-corrected chi connectivity index (χ1v) is 9.09. The van der Waals surface area contributed by atoms with Crippen molar-refractivity contribution in [3.8, 4) is 16.8 Å². The maximum atomic E-state index is 12.2. The number of aromatic nitrogens is 3. The Morgan fingerprint density at radius 1 is 1.11 bits per heavy atom. The summed E-state index contributed by atoms with van der Waals surface area (Å²) in [4.78, 5) is 20.1. The third-order valence-corrected chi connectivity index (χ3v) is 5.46.